The van der Waals surface area contributed by atoms with Crippen molar-refractivity contribution in [2.24, 2.45) is 0 Å². The highest BCUT2D eigenvalue weighted by Gasteiger charge is 2.18. The number of aromatic nitrogens is 1. The normalized spacial score (nSPS) is 10.6. The first-order chi connectivity index (χ1) is 13.6. The van der Waals surface area contributed by atoms with Gasteiger partial charge in [0, 0.05) is 23.7 Å². The van der Waals surface area contributed by atoms with Crippen LogP contribution in [0.2, 0.25) is 5.02 Å². The molecule has 2 aromatic carbocycles. The smallest absolute Gasteiger partial charge is 0.341 e. The Morgan fingerprint density at radius 1 is 1.14 bits per heavy atom. The number of halogens is 1. The summed E-state index contributed by atoms with van der Waals surface area (Å²) < 4.78 is 15.9. The standard InChI is InChI=1S/C21H21ClN2O4/c1-4-28-21(25)15-12-23-17-10-16(22)19(27-3)9-14(17)20(15)24-11-13-7-5-6-8-18(13)26-2/h5-10,12H,4,11H2,1-3H3,(H,23,24). The number of carbonyl (C=O) groups is 1. The van der Waals surface area contributed by atoms with Crippen molar-refractivity contribution in [1.82, 2.24) is 4.98 Å². The number of nitrogens with one attached hydrogen (secondary N) is 1. The molecule has 1 heterocycles. The lowest BCUT2D eigenvalue weighted by molar-refractivity contribution is 0.0527. The fourth-order valence-electron chi connectivity index (χ4n) is 2.94. The number of fused-ring (bicyclic) bond motifs is 1. The Balaban J connectivity index is 2.10. The van der Waals surface area contributed by atoms with Gasteiger partial charge in [0.15, 0.2) is 0 Å². The van der Waals surface area contributed by atoms with E-state index < -0.39 is 5.97 Å². The average molecular weight is 401 g/mol. The molecule has 0 saturated carbocycles. The highest BCUT2D eigenvalue weighted by molar-refractivity contribution is 6.33. The van der Waals surface area contributed by atoms with E-state index in [0.29, 0.717) is 39.5 Å². The van der Waals surface area contributed by atoms with Crippen molar-refractivity contribution >= 4 is 34.2 Å². The summed E-state index contributed by atoms with van der Waals surface area (Å²) in [4.78, 5) is 16.8. The summed E-state index contributed by atoms with van der Waals surface area (Å²) >= 11 is 6.23. The van der Waals surface area contributed by atoms with Gasteiger partial charge in [-0.3, -0.25) is 4.98 Å². The largest absolute Gasteiger partial charge is 0.496 e. The molecule has 0 aliphatic rings. The van der Waals surface area contributed by atoms with E-state index in [1.165, 1.54) is 13.3 Å². The summed E-state index contributed by atoms with van der Waals surface area (Å²) in [6.45, 7) is 2.48. The number of nitrogens with zero attached hydrogens (tertiary/aromatic N) is 1. The number of methoxy groups -OCH3 is 2. The first kappa shape index (κ1) is 19.8. The number of benzene rings is 2. The fraction of sp³-hybridized carbons (Fsp3) is 0.238. The summed E-state index contributed by atoms with van der Waals surface area (Å²) in [6, 6.07) is 11.1. The van der Waals surface area contributed by atoms with Crippen molar-refractivity contribution in [2.75, 3.05) is 26.1 Å². The molecule has 0 aliphatic carbocycles. The zero-order valence-corrected chi connectivity index (χ0v) is 16.7. The van der Waals surface area contributed by atoms with Crippen LogP contribution in [0.5, 0.6) is 11.5 Å². The molecule has 0 saturated heterocycles. The minimum absolute atomic E-state index is 0.271. The Morgan fingerprint density at radius 3 is 2.61 bits per heavy atom. The number of hydrogen-bond donors (Lipinski definition) is 1. The van der Waals surface area contributed by atoms with Gasteiger partial charge in [-0.1, -0.05) is 29.8 Å². The summed E-state index contributed by atoms with van der Waals surface area (Å²) in [5.74, 6) is 0.803. The van der Waals surface area contributed by atoms with Crippen LogP contribution in [0.3, 0.4) is 0 Å². The third kappa shape index (κ3) is 3.97. The lowest BCUT2D eigenvalue weighted by atomic mass is 10.1. The van der Waals surface area contributed by atoms with Gasteiger partial charge in [0.25, 0.3) is 0 Å². The Hall–Kier alpha value is -2.99. The topological polar surface area (TPSA) is 69.7 Å². The van der Waals surface area contributed by atoms with E-state index in [9.17, 15) is 4.79 Å². The second kappa shape index (κ2) is 8.80. The van der Waals surface area contributed by atoms with Crippen molar-refractivity contribution in [3.8, 4) is 11.5 Å². The monoisotopic (exact) mass is 400 g/mol. The number of esters is 1. The van der Waals surface area contributed by atoms with Gasteiger partial charge >= 0.3 is 5.97 Å². The fourth-order valence-corrected chi connectivity index (χ4v) is 3.17. The van der Waals surface area contributed by atoms with Crippen LogP contribution in [-0.2, 0) is 11.3 Å². The lowest BCUT2D eigenvalue weighted by Crippen LogP contribution is -2.11. The highest BCUT2D eigenvalue weighted by atomic mass is 35.5. The summed E-state index contributed by atoms with van der Waals surface area (Å²) in [5.41, 5.74) is 2.53. The van der Waals surface area contributed by atoms with Gasteiger partial charge in [0.2, 0.25) is 0 Å². The first-order valence-electron chi connectivity index (χ1n) is 8.78. The van der Waals surface area contributed by atoms with E-state index in [-0.39, 0.29) is 6.61 Å². The molecule has 0 aliphatic heterocycles. The predicted molar refractivity (Wildman–Crippen MR) is 110 cm³/mol. The van der Waals surface area contributed by atoms with E-state index in [2.05, 4.69) is 10.3 Å². The van der Waals surface area contributed by atoms with Crippen molar-refractivity contribution in [3.05, 3.63) is 58.7 Å². The molecule has 1 N–H and O–H groups in total. The van der Waals surface area contributed by atoms with Crippen LogP contribution in [0.1, 0.15) is 22.8 Å². The maximum absolute atomic E-state index is 12.5. The molecule has 0 bridgehead atoms. The van der Waals surface area contributed by atoms with E-state index >= 15 is 0 Å². The van der Waals surface area contributed by atoms with Crippen molar-refractivity contribution in [2.45, 2.75) is 13.5 Å². The van der Waals surface area contributed by atoms with Gasteiger partial charge in [-0.05, 0) is 25.1 Å². The molecular weight excluding hydrogens is 380 g/mol. The lowest BCUT2D eigenvalue weighted by Gasteiger charge is -2.16. The van der Waals surface area contributed by atoms with Crippen LogP contribution in [-0.4, -0.2) is 31.8 Å². The number of carbonyl (C=O) groups excluding carboxylic acids is 1. The van der Waals surface area contributed by atoms with Crippen molar-refractivity contribution < 1.29 is 19.0 Å². The molecular formula is C21H21ClN2O4. The third-order valence-corrected chi connectivity index (χ3v) is 4.58. The highest BCUT2D eigenvalue weighted by Crippen LogP contribution is 2.35. The minimum atomic E-state index is -0.451. The molecule has 146 valence electrons. The van der Waals surface area contributed by atoms with Crippen LogP contribution in [0.25, 0.3) is 10.9 Å². The molecule has 0 radical (unpaired) electrons. The number of ether oxygens (including phenoxy) is 3. The molecule has 0 unspecified atom stereocenters. The zero-order valence-electron chi connectivity index (χ0n) is 15.9. The number of rotatable bonds is 7. The minimum Gasteiger partial charge on any atom is -0.496 e. The van der Waals surface area contributed by atoms with Gasteiger partial charge in [-0.15, -0.1) is 0 Å². The Kier molecular flexibility index (Phi) is 6.21. The third-order valence-electron chi connectivity index (χ3n) is 4.29. The van der Waals surface area contributed by atoms with Gasteiger partial charge < -0.3 is 19.5 Å². The molecule has 0 amide bonds. The van der Waals surface area contributed by atoms with Crippen molar-refractivity contribution in [1.29, 1.82) is 0 Å². The van der Waals surface area contributed by atoms with Gasteiger partial charge in [0.1, 0.15) is 17.1 Å². The Morgan fingerprint density at radius 2 is 1.89 bits per heavy atom. The summed E-state index contributed by atoms with van der Waals surface area (Å²) in [7, 11) is 3.16. The van der Waals surface area contributed by atoms with E-state index in [1.807, 2.05) is 24.3 Å². The molecule has 3 aromatic rings. The van der Waals surface area contributed by atoms with E-state index in [4.69, 9.17) is 25.8 Å². The molecule has 0 atom stereocenters. The molecule has 0 spiro atoms. The number of anilines is 1. The molecule has 6 nitrogen and oxygen atoms in total. The Bertz CT molecular complexity index is 1010. The number of para-hydroxylation sites is 1. The van der Waals surface area contributed by atoms with Crippen LogP contribution in [0.15, 0.2) is 42.6 Å². The van der Waals surface area contributed by atoms with Crippen LogP contribution < -0.4 is 14.8 Å². The second-order valence-electron chi connectivity index (χ2n) is 5.94. The van der Waals surface area contributed by atoms with E-state index in [1.54, 1.807) is 26.2 Å². The van der Waals surface area contributed by atoms with Gasteiger partial charge in [-0.2, -0.15) is 0 Å². The first-order valence-corrected chi connectivity index (χ1v) is 9.16. The molecule has 28 heavy (non-hydrogen) atoms. The second-order valence-corrected chi connectivity index (χ2v) is 6.34. The van der Waals surface area contributed by atoms with Crippen LogP contribution in [0, 0.1) is 0 Å². The van der Waals surface area contributed by atoms with Crippen LogP contribution >= 0.6 is 11.6 Å². The predicted octanol–water partition coefficient (Wildman–Crippen LogP) is 4.69. The SMILES string of the molecule is CCOC(=O)c1cnc2cc(Cl)c(OC)cc2c1NCc1ccccc1OC. The van der Waals surface area contributed by atoms with Gasteiger partial charge in [0.05, 0.1) is 37.1 Å². The summed E-state index contributed by atoms with van der Waals surface area (Å²) in [5, 5.41) is 4.49. The molecule has 7 heteroatoms. The maximum atomic E-state index is 12.5. The number of pyridine rings is 1. The summed E-state index contributed by atoms with van der Waals surface area (Å²) in [6.07, 6.45) is 1.49. The van der Waals surface area contributed by atoms with Gasteiger partial charge in [-0.25, -0.2) is 4.79 Å². The number of hydrogen-bond acceptors (Lipinski definition) is 6. The van der Waals surface area contributed by atoms with E-state index in [0.717, 1.165) is 11.3 Å². The molecule has 1 aromatic heterocycles. The maximum Gasteiger partial charge on any atom is 0.341 e. The average Bonchev–Trinajstić information content (AvgIpc) is 2.71. The van der Waals surface area contributed by atoms with Crippen LogP contribution in [0.4, 0.5) is 5.69 Å². The zero-order chi connectivity index (χ0) is 20.1. The Labute approximate surface area is 168 Å². The molecule has 0 fully saturated rings. The molecule has 3 rings (SSSR count). The van der Waals surface area contributed by atoms with Crippen molar-refractivity contribution in [3.63, 3.8) is 0 Å². The quantitative estimate of drug-likeness (QED) is 0.580.